The predicted octanol–water partition coefficient (Wildman–Crippen LogP) is -0.595. The summed E-state index contributed by atoms with van der Waals surface area (Å²) >= 11 is 3.90. The Morgan fingerprint density at radius 2 is 2.36 bits per heavy atom. The van der Waals surface area contributed by atoms with Crippen molar-refractivity contribution < 1.29 is 14.4 Å². The van der Waals surface area contributed by atoms with E-state index in [9.17, 15) is 9.59 Å². The summed E-state index contributed by atoms with van der Waals surface area (Å²) in [6, 6.07) is 0. The van der Waals surface area contributed by atoms with Crippen LogP contribution < -0.4 is 11.0 Å². The van der Waals surface area contributed by atoms with E-state index in [0.717, 1.165) is 0 Å². The van der Waals surface area contributed by atoms with Gasteiger partial charge in [-0.1, -0.05) is 5.59 Å². The summed E-state index contributed by atoms with van der Waals surface area (Å²) in [5.74, 6) is 0.212. The van der Waals surface area contributed by atoms with Crippen LogP contribution in [-0.4, -0.2) is 18.1 Å². The molecule has 0 aromatic carbocycles. The molecule has 0 unspecified atom stereocenters. The van der Waals surface area contributed by atoms with E-state index in [1.54, 1.807) is 0 Å². The third-order valence-corrected chi connectivity index (χ3v) is 1.14. The molecule has 0 aliphatic heterocycles. The van der Waals surface area contributed by atoms with E-state index in [2.05, 4.69) is 17.5 Å². The molecule has 0 aliphatic rings. The highest BCUT2D eigenvalue weighted by Gasteiger charge is 1.99. The molecule has 0 saturated carbocycles. The first-order valence-corrected chi connectivity index (χ1v) is 3.69. The van der Waals surface area contributed by atoms with Crippen molar-refractivity contribution in [3.63, 3.8) is 0 Å². The Kier molecular flexibility index (Phi) is 6.86. The number of hydrogen-bond acceptors (Lipinski definition) is 5. The standard InChI is InChI=1S/C5H10N2O3S/c8-4-6-7-10-5(9)2-1-3-11/h4,7,11H,1-3H2,(H,6,8). The first-order valence-electron chi connectivity index (χ1n) is 3.06. The fourth-order valence-corrected chi connectivity index (χ4v) is 0.543. The molecule has 5 nitrogen and oxygen atoms in total. The lowest BCUT2D eigenvalue weighted by atomic mass is 10.3. The summed E-state index contributed by atoms with van der Waals surface area (Å²) in [7, 11) is 0. The highest BCUT2D eigenvalue weighted by atomic mass is 32.1. The molecule has 2 N–H and O–H groups in total. The van der Waals surface area contributed by atoms with Crippen molar-refractivity contribution in [2.24, 2.45) is 0 Å². The minimum Gasteiger partial charge on any atom is -0.351 e. The zero-order chi connectivity index (χ0) is 8.53. The fourth-order valence-electron chi connectivity index (χ4n) is 0.385. The van der Waals surface area contributed by atoms with E-state index in [0.29, 0.717) is 18.6 Å². The number of thiol groups is 1. The van der Waals surface area contributed by atoms with E-state index >= 15 is 0 Å². The zero-order valence-electron chi connectivity index (χ0n) is 5.87. The van der Waals surface area contributed by atoms with Gasteiger partial charge in [-0.3, -0.25) is 15.0 Å². The molecular weight excluding hydrogens is 168 g/mol. The molecule has 6 heteroatoms. The molecule has 11 heavy (non-hydrogen) atoms. The maximum Gasteiger partial charge on any atom is 0.327 e. The van der Waals surface area contributed by atoms with Gasteiger partial charge in [-0.2, -0.15) is 12.6 Å². The van der Waals surface area contributed by atoms with Crippen molar-refractivity contribution in [3.05, 3.63) is 0 Å². The second-order valence-electron chi connectivity index (χ2n) is 1.67. The van der Waals surface area contributed by atoms with E-state index < -0.39 is 5.97 Å². The molecule has 0 aromatic heterocycles. The Morgan fingerprint density at radius 1 is 1.64 bits per heavy atom. The molecule has 0 aliphatic carbocycles. The Bertz CT molecular complexity index is 131. The van der Waals surface area contributed by atoms with Crippen LogP contribution in [0.3, 0.4) is 0 Å². The Morgan fingerprint density at radius 3 is 2.91 bits per heavy atom. The van der Waals surface area contributed by atoms with Gasteiger partial charge in [-0.15, -0.1) is 0 Å². The molecule has 0 aromatic rings. The van der Waals surface area contributed by atoms with Gasteiger partial charge in [-0.25, -0.2) is 0 Å². The van der Waals surface area contributed by atoms with Gasteiger partial charge in [-0.05, 0) is 12.2 Å². The Hall–Kier alpha value is -0.750. The van der Waals surface area contributed by atoms with Crippen molar-refractivity contribution >= 4 is 25.0 Å². The van der Waals surface area contributed by atoms with Crippen molar-refractivity contribution in [2.75, 3.05) is 5.75 Å². The van der Waals surface area contributed by atoms with Gasteiger partial charge >= 0.3 is 5.97 Å². The minimum absolute atomic E-state index is 0.289. The minimum atomic E-state index is -0.423. The summed E-state index contributed by atoms with van der Waals surface area (Å²) in [4.78, 5) is 24.5. The monoisotopic (exact) mass is 178 g/mol. The van der Waals surface area contributed by atoms with Crippen molar-refractivity contribution in [2.45, 2.75) is 12.8 Å². The van der Waals surface area contributed by atoms with Crippen molar-refractivity contribution in [1.29, 1.82) is 0 Å². The second kappa shape index (κ2) is 7.36. The molecule has 1 amide bonds. The van der Waals surface area contributed by atoms with Crippen LogP contribution in [0.15, 0.2) is 0 Å². The molecule has 0 bridgehead atoms. The summed E-state index contributed by atoms with van der Waals surface area (Å²) in [6.07, 6.45) is 1.31. The maximum atomic E-state index is 10.6. The van der Waals surface area contributed by atoms with E-state index in [1.807, 2.05) is 11.0 Å². The molecule has 0 saturated heterocycles. The van der Waals surface area contributed by atoms with Gasteiger partial charge in [0, 0.05) is 6.42 Å². The van der Waals surface area contributed by atoms with Gasteiger partial charge in [0.1, 0.15) is 0 Å². The summed E-state index contributed by atoms with van der Waals surface area (Å²) in [5, 5.41) is 0. The molecule has 0 fully saturated rings. The molecule has 0 radical (unpaired) electrons. The van der Waals surface area contributed by atoms with Crippen molar-refractivity contribution in [1.82, 2.24) is 11.0 Å². The molecule has 0 atom stereocenters. The lowest BCUT2D eigenvalue weighted by Gasteiger charge is -2.01. The number of nitrogens with one attached hydrogen (secondary N) is 2. The lowest BCUT2D eigenvalue weighted by molar-refractivity contribution is -0.154. The van der Waals surface area contributed by atoms with Crippen molar-refractivity contribution in [3.8, 4) is 0 Å². The lowest BCUT2D eigenvalue weighted by Crippen LogP contribution is -2.32. The third kappa shape index (κ3) is 7.14. The van der Waals surface area contributed by atoms with Crippen LogP contribution >= 0.6 is 12.6 Å². The number of hydrazine groups is 1. The topological polar surface area (TPSA) is 67.4 Å². The predicted molar refractivity (Wildman–Crippen MR) is 41.5 cm³/mol. The number of carbonyl (C=O) groups is 2. The molecule has 0 rings (SSSR count). The average molecular weight is 178 g/mol. The molecule has 0 spiro atoms. The average Bonchev–Trinajstić information content (AvgIpc) is 2.01. The van der Waals surface area contributed by atoms with E-state index in [-0.39, 0.29) is 6.42 Å². The van der Waals surface area contributed by atoms with E-state index in [1.165, 1.54) is 0 Å². The summed E-state index contributed by atoms with van der Waals surface area (Å²) in [5.41, 5.74) is 3.91. The van der Waals surface area contributed by atoms with Crippen LogP contribution in [0.4, 0.5) is 0 Å². The zero-order valence-corrected chi connectivity index (χ0v) is 6.77. The van der Waals surface area contributed by atoms with Gasteiger partial charge in [0.25, 0.3) is 0 Å². The quantitative estimate of drug-likeness (QED) is 0.220. The number of hydrogen-bond donors (Lipinski definition) is 3. The first-order chi connectivity index (χ1) is 5.31. The normalized spacial score (nSPS) is 8.82. The van der Waals surface area contributed by atoms with Crippen LogP contribution in [0.5, 0.6) is 0 Å². The van der Waals surface area contributed by atoms with Crippen LogP contribution in [0, 0.1) is 0 Å². The summed E-state index contributed by atoms with van der Waals surface area (Å²) < 4.78 is 0. The Balaban J connectivity index is 3.15. The second-order valence-corrected chi connectivity index (χ2v) is 2.11. The summed E-state index contributed by atoms with van der Waals surface area (Å²) in [6.45, 7) is 0. The van der Waals surface area contributed by atoms with Gasteiger partial charge in [0.2, 0.25) is 6.41 Å². The number of carbonyl (C=O) groups excluding carboxylic acids is 2. The largest absolute Gasteiger partial charge is 0.351 e. The number of rotatable bonds is 6. The van der Waals surface area contributed by atoms with Crippen LogP contribution in [-0.2, 0) is 14.4 Å². The smallest absolute Gasteiger partial charge is 0.327 e. The van der Waals surface area contributed by atoms with Crippen LogP contribution in [0.2, 0.25) is 0 Å². The number of amides is 1. The van der Waals surface area contributed by atoms with E-state index in [4.69, 9.17) is 0 Å². The first kappa shape index (κ1) is 10.2. The maximum absolute atomic E-state index is 10.6. The van der Waals surface area contributed by atoms with Crippen LogP contribution in [0.1, 0.15) is 12.8 Å². The molecule has 64 valence electrons. The molecule has 0 heterocycles. The third-order valence-electron chi connectivity index (χ3n) is 0.822. The van der Waals surface area contributed by atoms with Gasteiger partial charge in [0.05, 0.1) is 0 Å². The highest BCUT2D eigenvalue weighted by molar-refractivity contribution is 7.80. The van der Waals surface area contributed by atoms with Gasteiger partial charge in [0.15, 0.2) is 0 Å². The van der Waals surface area contributed by atoms with Crippen LogP contribution in [0.25, 0.3) is 0 Å². The van der Waals surface area contributed by atoms with Gasteiger partial charge < -0.3 is 4.84 Å². The SMILES string of the molecule is O=CNNOC(=O)CCCS. The Labute approximate surface area is 69.8 Å². The highest BCUT2D eigenvalue weighted by Crippen LogP contribution is 1.92. The fraction of sp³-hybridized carbons (Fsp3) is 0.600. The molecular formula is C5H10N2O3S.